The van der Waals surface area contributed by atoms with Gasteiger partial charge in [0.1, 0.15) is 12.1 Å². The van der Waals surface area contributed by atoms with Crippen LogP contribution in [-0.4, -0.2) is 59.3 Å². The largest absolute Gasteiger partial charge is 0.497 e. The first kappa shape index (κ1) is 26.0. The smallest absolute Gasteiger partial charge is 0.191 e. The first-order valence-electron chi connectivity index (χ1n) is 11.6. The normalized spacial score (nSPS) is 14.9. The molecule has 3 aromatic rings. The number of hydrogen-bond acceptors (Lipinski definition) is 5. The number of halogens is 1. The van der Waals surface area contributed by atoms with E-state index in [2.05, 4.69) is 68.0 Å². The molecule has 182 valence electrons. The molecule has 0 bridgehead atoms. The van der Waals surface area contributed by atoms with Crippen molar-refractivity contribution < 1.29 is 4.74 Å². The van der Waals surface area contributed by atoms with E-state index in [0.29, 0.717) is 6.54 Å². The van der Waals surface area contributed by atoms with Crippen LogP contribution in [0.2, 0.25) is 0 Å². The molecule has 1 fully saturated rings. The van der Waals surface area contributed by atoms with Crippen LogP contribution in [0.1, 0.15) is 36.9 Å². The van der Waals surface area contributed by atoms with Crippen molar-refractivity contribution in [1.29, 1.82) is 0 Å². The summed E-state index contributed by atoms with van der Waals surface area (Å²) in [6, 6.07) is 16.9. The van der Waals surface area contributed by atoms with Crippen molar-refractivity contribution in [3.63, 3.8) is 0 Å². The highest BCUT2D eigenvalue weighted by molar-refractivity contribution is 14.0. The van der Waals surface area contributed by atoms with Gasteiger partial charge in [0.2, 0.25) is 0 Å². The second kappa shape index (κ2) is 13.3. The second-order valence-electron chi connectivity index (χ2n) is 8.15. The maximum absolute atomic E-state index is 5.47. The summed E-state index contributed by atoms with van der Waals surface area (Å²) in [6.07, 6.45) is 4.01. The Morgan fingerprint density at radius 1 is 1.15 bits per heavy atom. The van der Waals surface area contributed by atoms with E-state index < -0.39 is 0 Å². The van der Waals surface area contributed by atoms with Crippen molar-refractivity contribution in [2.75, 3.05) is 33.3 Å². The summed E-state index contributed by atoms with van der Waals surface area (Å²) in [5, 5.41) is 13.8. The van der Waals surface area contributed by atoms with E-state index in [1.165, 1.54) is 24.7 Å². The van der Waals surface area contributed by atoms with Crippen LogP contribution in [0.4, 0.5) is 0 Å². The number of benzene rings is 2. The minimum absolute atomic E-state index is 0. The molecule has 1 atom stereocenters. The summed E-state index contributed by atoms with van der Waals surface area (Å²) in [4.78, 5) is 11.6. The Morgan fingerprint density at radius 2 is 1.97 bits per heavy atom. The molecule has 1 aliphatic heterocycles. The fourth-order valence-electron chi connectivity index (χ4n) is 4.23. The van der Waals surface area contributed by atoms with Crippen LogP contribution in [0, 0.1) is 0 Å². The summed E-state index contributed by atoms with van der Waals surface area (Å²) in [5.74, 6) is 2.47. The number of likely N-dealkylation sites (tertiary alicyclic amines) is 1. The number of hydrogen-bond donors (Lipinski definition) is 3. The highest BCUT2D eigenvalue weighted by atomic mass is 127. The van der Waals surface area contributed by atoms with E-state index in [0.717, 1.165) is 54.8 Å². The average Bonchev–Trinajstić information content (AvgIpc) is 3.58. The number of methoxy groups -OCH3 is 1. The molecule has 0 aliphatic carbocycles. The van der Waals surface area contributed by atoms with Crippen LogP contribution in [-0.2, 0) is 6.54 Å². The van der Waals surface area contributed by atoms with Crippen molar-refractivity contribution in [3.05, 3.63) is 66.0 Å². The summed E-state index contributed by atoms with van der Waals surface area (Å²) in [7, 11) is 1.72. The van der Waals surface area contributed by atoms with Gasteiger partial charge in [0.05, 0.1) is 19.7 Å². The summed E-state index contributed by atoms with van der Waals surface area (Å²) in [6.45, 7) is 6.47. The molecule has 0 amide bonds. The topological polar surface area (TPSA) is 90.5 Å². The van der Waals surface area contributed by atoms with Gasteiger partial charge in [0.15, 0.2) is 11.8 Å². The third-order valence-electron chi connectivity index (χ3n) is 5.90. The molecule has 1 aliphatic rings. The zero-order valence-electron chi connectivity index (χ0n) is 19.8. The summed E-state index contributed by atoms with van der Waals surface area (Å²) >= 11 is 0. The molecule has 4 rings (SSSR count). The first-order chi connectivity index (χ1) is 16.3. The molecule has 1 aromatic heterocycles. The number of aromatic nitrogens is 3. The third-order valence-corrected chi connectivity index (χ3v) is 5.90. The number of nitrogens with one attached hydrogen (secondary N) is 3. The minimum atomic E-state index is 0. The lowest BCUT2D eigenvalue weighted by atomic mass is 10.1. The van der Waals surface area contributed by atoms with Crippen molar-refractivity contribution in [2.45, 2.75) is 32.4 Å². The van der Waals surface area contributed by atoms with Gasteiger partial charge in [-0.15, -0.1) is 24.0 Å². The van der Waals surface area contributed by atoms with Gasteiger partial charge in [-0.05, 0) is 62.2 Å². The first-order valence-corrected chi connectivity index (χ1v) is 11.6. The second-order valence-corrected chi connectivity index (χ2v) is 8.15. The Balaban J connectivity index is 0.00000324. The third kappa shape index (κ3) is 6.92. The molecule has 2 heterocycles. The fraction of sp³-hybridized carbons (Fsp3) is 0.400. The predicted octanol–water partition coefficient (Wildman–Crippen LogP) is 3.99. The predicted molar refractivity (Wildman–Crippen MR) is 147 cm³/mol. The molecule has 34 heavy (non-hydrogen) atoms. The van der Waals surface area contributed by atoms with E-state index in [4.69, 9.17) is 9.73 Å². The molecule has 1 saturated heterocycles. The van der Waals surface area contributed by atoms with Crippen LogP contribution in [0.15, 0.2) is 59.9 Å². The van der Waals surface area contributed by atoms with Gasteiger partial charge >= 0.3 is 0 Å². The van der Waals surface area contributed by atoms with Crippen LogP contribution in [0.5, 0.6) is 5.75 Å². The monoisotopic (exact) mass is 575 g/mol. The fourth-order valence-corrected chi connectivity index (χ4v) is 4.23. The number of rotatable bonds is 9. The van der Waals surface area contributed by atoms with E-state index in [1.54, 1.807) is 7.11 Å². The molecule has 3 N–H and O–H groups in total. The number of aromatic amines is 1. The molecule has 0 spiro atoms. The molecule has 8 nitrogen and oxygen atoms in total. The summed E-state index contributed by atoms with van der Waals surface area (Å²) in [5.41, 5.74) is 3.38. The Hall–Kier alpha value is -2.66. The Kier molecular flexibility index (Phi) is 10.1. The van der Waals surface area contributed by atoms with Gasteiger partial charge in [0.25, 0.3) is 0 Å². The van der Waals surface area contributed by atoms with Crippen molar-refractivity contribution >= 4 is 29.9 Å². The molecular weight excluding hydrogens is 541 g/mol. The van der Waals surface area contributed by atoms with E-state index in [-0.39, 0.29) is 30.0 Å². The van der Waals surface area contributed by atoms with Gasteiger partial charge < -0.3 is 15.4 Å². The SMILES string of the molecule is CCNC(=NCc1cccc(-c2ncn[nH]2)c1)NCC(c1cccc(OC)c1)N1CCCC1.I. The van der Waals surface area contributed by atoms with Gasteiger partial charge in [-0.3, -0.25) is 10.00 Å². The Labute approximate surface area is 218 Å². The lowest BCUT2D eigenvalue weighted by Crippen LogP contribution is -2.42. The van der Waals surface area contributed by atoms with Crippen molar-refractivity contribution in [1.82, 2.24) is 30.7 Å². The maximum Gasteiger partial charge on any atom is 0.191 e. The standard InChI is InChI=1S/C25H33N7O.HI/c1-3-26-25(27-16-19-8-6-10-21(14-19)24-29-18-30-31-24)28-17-23(32-12-4-5-13-32)20-9-7-11-22(15-20)33-2;/h6-11,14-15,18,23H,3-5,12-13,16-17H2,1-2H3,(H2,26,27,28)(H,29,30,31);1H. The maximum atomic E-state index is 5.47. The Bertz CT molecular complexity index is 1040. The van der Waals surface area contributed by atoms with Crippen molar-refractivity contribution in [2.24, 2.45) is 4.99 Å². The number of ether oxygens (including phenoxy) is 1. The summed E-state index contributed by atoms with van der Waals surface area (Å²) < 4.78 is 5.47. The molecule has 9 heteroatoms. The zero-order valence-corrected chi connectivity index (χ0v) is 22.2. The highest BCUT2D eigenvalue weighted by Gasteiger charge is 2.24. The Morgan fingerprint density at radius 3 is 2.71 bits per heavy atom. The lowest BCUT2D eigenvalue weighted by molar-refractivity contribution is 0.245. The quantitative estimate of drug-likeness (QED) is 0.203. The molecular formula is C25H34IN7O. The van der Waals surface area contributed by atoms with E-state index in [1.807, 2.05) is 18.2 Å². The van der Waals surface area contributed by atoms with Gasteiger partial charge in [-0.25, -0.2) is 9.98 Å². The van der Waals surface area contributed by atoms with Gasteiger partial charge in [-0.2, -0.15) is 5.10 Å². The van der Waals surface area contributed by atoms with E-state index >= 15 is 0 Å². The van der Waals surface area contributed by atoms with Crippen LogP contribution in [0.25, 0.3) is 11.4 Å². The molecule has 0 saturated carbocycles. The number of H-pyrrole nitrogens is 1. The zero-order chi connectivity index (χ0) is 22.9. The van der Waals surface area contributed by atoms with Crippen LogP contribution >= 0.6 is 24.0 Å². The van der Waals surface area contributed by atoms with Crippen LogP contribution < -0.4 is 15.4 Å². The number of guanidine groups is 1. The van der Waals surface area contributed by atoms with Crippen molar-refractivity contribution in [3.8, 4) is 17.1 Å². The van der Waals surface area contributed by atoms with E-state index in [9.17, 15) is 0 Å². The lowest BCUT2D eigenvalue weighted by Gasteiger charge is -2.29. The van der Waals surface area contributed by atoms with Gasteiger partial charge in [-0.1, -0.05) is 30.3 Å². The van der Waals surface area contributed by atoms with Crippen LogP contribution in [0.3, 0.4) is 0 Å². The number of aliphatic imine (C=N–C) groups is 1. The average molecular weight is 575 g/mol. The highest BCUT2D eigenvalue weighted by Crippen LogP contribution is 2.27. The number of nitrogens with zero attached hydrogens (tertiary/aromatic N) is 4. The molecule has 2 aromatic carbocycles. The molecule has 1 unspecified atom stereocenters. The molecule has 0 radical (unpaired) electrons. The van der Waals surface area contributed by atoms with Gasteiger partial charge in [0, 0.05) is 18.7 Å². The minimum Gasteiger partial charge on any atom is -0.497 e.